The molecule has 0 aromatic heterocycles. The monoisotopic (exact) mass is 468 g/mol. The Hall–Kier alpha value is -2.13. The zero-order valence-corrected chi connectivity index (χ0v) is 17.4. The van der Waals surface area contributed by atoms with Crippen molar-refractivity contribution >= 4 is 44.3 Å². The summed E-state index contributed by atoms with van der Waals surface area (Å²) in [6.07, 6.45) is 2.12. The summed E-state index contributed by atoms with van der Waals surface area (Å²) in [4.78, 5) is 15.1. The molecular formula is C19H18BrFN2O4S. The molecule has 0 saturated carbocycles. The average molecular weight is 469 g/mol. The Morgan fingerprint density at radius 2 is 2.21 bits per heavy atom. The van der Waals surface area contributed by atoms with Gasteiger partial charge < -0.3 is 19.1 Å². The third-order valence-electron chi connectivity index (χ3n) is 4.93. The molecule has 2 aromatic rings. The molecule has 0 amide bonds. The minimum atomic E-state index is -1.73. The molecule has 0 bridgehead atoms. The van der Waals surface area contributed by atoms with E-state index in [1.165, 1.54) is 25.3 Å². The maximum atomic E-state index is 13.3. The molecular weight excluding hydrogens is 451 g/mol. The largest absolute Gasteiger partial charge is 0.488 e. The Bertz CT molecular complexity index is 971. The first-order valence-electron chi connectivity index (χ1n) is 8.78. The number of carbonyl (C=O) groups excluding carboxylic acids is 1. The van der Waals surface area contributed by atoms with Crippen molar-refractivity contribution in [2.45, 2.75) is 23.8 Å². The van der Waals surface area contributed by atoms with Crippen LogP contribution >= 0.6 is 15.9 Å². The van der Waals surface area contributed by atoms with Crippen LogP contribution in [0, 0.1) is 5.82 Å². The van der Waals surface area contributed by atoms with Gasteiger partial charge in [0.25, 0.3) is 0 Å². The van der Waals surface area contributed by atoms with Crippen molar-refractivity contribution in [3.05, 3.63) is 46.2 Å². The summed E-state index contributed by atoms with van der Waals surface area (Å²) in [7, 11) is -0.437. The summed E-state index contributed by atoms with van der Waals surface area (Å²) in [6, 6.07) is 7.75. The summed E-state index contributed by atoms with van der Waals surface area (Å²) < 4.78 is 40.2. The predicted octanol–water partition coefficient (Wildman–Crippen LogP) is 3.87. The molecule has 1 fully saturated rings. The molecule has 28 heavy (non-hydrogen) atoms. The third kappa shape index (κ3) is 3.37. The zero-order chi connectivity index (χ0) is 19.8. The van der Waals surface area contributed by atoms with E-state index in [1.54, 1.807) is 6.07 Å². The topological polar surface area (TPSA) is 67.9 Å². The van der Waals surface area contributed by atoms with Crippen LogP contribution in [0.15, 0.2) is 39.7 Å². The van der Waals surface area contributed by atoms with E-state index < -0.39 is 22.8 Å². The molecule has 148 valence electrons. The third-order valence-corrected chi connectivity index (χ3v) is 7.01. The molecule has 2 aliphatic rings. The SMILES string of the molecule is COC(=O)c1c(NS(=O)c2ccc(F)cc2Br)ccc2c1OCC1CCCN21. The lowest BCUT2D eigenvalue weighted by Gasteiger charge is -2.34. The highest BCUT2D eigenvalue weighted by Crippen LogP contribution is 2.43. The fourth-order valence-corrected chi connectivity index (χ4v) is 5.32. The molecule has 2 aliphatic heterocycles. The number of methoxy groups -OCH3 is 1. The highest BCUT2D eigenvalue weighted by Gasteiger charge is 2.35. The minimum absolute atomic E-state index is 0.205. The fourth-order valence-electron chi connectivity index (χ4n) is 3.62. The van der Waals surface area contributed by atoms with Crippen molar-refractivity contribution in [3.8, 4) is 5.75 Å². The molecule has 2 atom stereocenters. The highest BCUT2D eigenvalue weighted by molar-refractivity contribution is 9.10. The zero-order valence-electron chi connectivity index (χ0n) is 15.0. The van der Waals surface area contributed by atoms with Crippen molar-refractivity contribution in [1.82, 2.24) is 0 Å². The number of nitrogens with zero attached hydrogens (tertiary/aromatic N) is 1. The maximum absolute atomic E-state index is 13.3. The van der Waals surface area contributed by atoms with Gasteiger partial charge >= 0.3 is 5.97 Å². The van der Waals surface area contributed by atoms with Crippen LogP contribution in [0.1, 0.15) is 23.2 Å². The summed E-state index contributed by atoms with van der Waals surface area (Å²) in [5.41, 5.74) is 1.38. The van der Waals surface area contributed by atoms with Crippen molar-refractivity contribution in [1.29, 1.82) is 0 Å². The highest BCUT2D eigenvalue weighted by atomic mass is 79.9. The van der Waals surface area contributed by atoms with Crippen LogP contribution in [0.4, 0.5) is 15.8 Å². The number of halogens is 2. The second-order valence-electron chi connectivity index (χ2n) is 6.57. The first kappa shape index (κ1) is 19.2. The van der Waals surface area contributed by atoms with Gasteiger partial charge in [-0.15, -0.1) is 0 Å². The number of rotatable bonds is 4. The number of esters is 1. The van der Waals surface area contributed by atoms with Crippen molar-refractivity contribution in [3.63, 3.8) is 0 Å². The average Bonchev–Trinajstić information content (AvgIpc) is 3.16. The smallest absolute Gasteiger partial charge is 0.343 e. The Kier molecular flexibility index (Phi) is 5.29. The van der Waals surface area contributed by atoms with Crippen molar-refractivity contribution < 1.29 is 22.9 Å². The molecule has 0 aliphatic carbocycles. The number of nitrogens with one attached hydrogen (secondary N) is 1. The Balaban J connectivity index is 1.73. The summed E-state index contributed by atoms with van der Waals surface area (Å²) >= 11 is 3.22. The lowest BCUT2D eigenvalue weighted by molar-refractivity contribution is 0.0596. The van der Waals surface area contributed by atoms with Crippen LogP contribution in [0.3, 0.4) is 0 Å². The fraction of sp³-hybridized carbons (Fsp3) is 0.316. The van der Waals surface area contributed by atoms with Gasteiger partial charge in [0.15, 0.2) is 16.7 Å². The molecule has 4 rings (SSSR count). The number of fused-ring (bicyclic) bond motifs is 3. The van der Waals surface area contributed by atoms with Crippen molar-refractivity contribution in [2.75, 3.05) is 29.9 Å². The number of hydrogen-bond acceptors (Lipinski definition) is 5. The number of benzene rings is 2. The number of ether oxygens (including phenoxy) is 2. The van der Waals surface area contributed by atoms with Gasteiger partial charge in [-0.1, -0.05) is 0 Å². The standard InChI is InChI=1S/C19H18BrFN2O4S/c1-26-19(24)17-14(22-28(25)16-7-4-11(21)9-13(16)20)5-6-15-18(17)27-10-12-3-2-8-23(12)15/h4-7,9,12,22H,2-3,8,10H2,1H3. The van der Waals surface area contributed by atoms with E-state index in [0.717, 1.165) is 25.1 Å². The van der Waals surface area contributed by atoms with Crippen LogP contribution in [0.5, 0.6) is 5.75 Å². The van der Waals surface area contributed by atoms with Crippen LogP contribution in [-0.4, -0.2) is 36.5 Å². The van der Waals surface area contributed by atoms with E-state index in [9.17, 15) is 13.4 Å². The Morgan fingerprint density at radius 3 is 2.96 bits per heavy atom. The summed E-state index contributed by atoms with van der Waals surface area (Å²) in [5.74, 6) is -0.581. The van der Waals surface area contributed by atoms with Crippen LogP contribution < -0.4 is 14.4 Å². The Labute approximate surface area is 172 Å². The van der Waals surface area contributed by atoms with E-state index in [0.29, 0.717) is 33.5 Å². The van der Waals surface area contributed by atoms with Crippen LogP contribution in [0.2, 0.25) is 0 Å². The molecule has 2 aromatic carbocycles. The summed E-state index contributed by atoms with van der Waals surface area (Å²) in [6.45, 7) is 1.40. The van der Waals surface area contributed by atoms with Gasteiger partial charge in [0, 0.05) is 11.0 Å². The second kappa shape index (κ2) is 7.71. The molecule has 2 unspecified atom stereocenters. The minimum Gasteiger partial charge on any atom is -0.488 e. The molecule has 0 spiro atoms. The van der Waals surface area contributed by atoms with Gasteiger partial charge in [-0.25, -0.2) is 13.4 Å². The lowest BCUT2D eigenvalue weighted by Crippen LogP contribution is -2.38. The van der Waals surface area contributed by atoms with Gasteiger partial charge in [0.1, 0.15) is 18.0 Å². The number of carbonyl (C=O) groups is 1. The normalized spacial score (nSPS) is 18.7. The second-order valence-corrected chi connectivity index (χ2v) is 8.61. The Morgan fingerprint density at radius 1 is 1.39 bits per heavy atom. The van der Waals surface area contributed by atoms with Gasteiger partial charge in [-0.05, 0) is 59.1 Å². The molecule has 1 N–H and O–H groups in total. The molecule has 1 saturated heterocycles. The van der Waals surface area contributed by atoms with Crippen LogP contribution in [-0.2, 0) is 15.7 Å². The van der Waals surface area contributed by atoms with Crippen LogP contribution in [0.25, 0.3) is 0 Å². The number of anilines is 2. The quantitative estimate of drug-likeness (QED) is 0.689. The predicted molar refractivity (Wildman–Crippen MR) is 108 cm³/mol. The molecule has 6 nitrogen and oxygen atoms in total. The van der Waals surface area contributed by atoms with Gasteiger partial charge in [-0.3, -0.25) is 0 Å². The van der Waals surface area contributed by atoms with E-state index in [2.05, 4.69) is 25.6 Å². The lowest BCUT2D eigenvalue weighted by atomic mass is 10.1. The number of hydrogen-bond donors (Lipinski definition) is 1. The van der Waals surface area contributed by atoms with Gasteiger partial charge in [-0.2, -0.15) is 0 Å². The van der Waals surface area contributed by atoms with Gasteiger partial charge in [0.05, 0.1) is 29.4 Å². The van der Waals surface area contributed by atoms with E-state index in [4.69, 9.17) is 9.47 Å². The summed E-state index contributed by atoms with van der Waals surface area (Å²) in [5, 5.41) is 0. The molecule has 2 heterocycles. The van der Waals surface area contributed by atoms with Gasteiger partial charge in [0.2, 0.25) is 0 Å². The first-order valence-corrected chi connectivity index (χ1v) is 10.7. The maximum Gasteiger partial charge on any atom is 0.343 e. The van der Waals surface area contributed by atoms with E-state index in [-0.39, 0.29) is 5.56 Å². The van der Waals surface area contributed by atoms with Crippen molar-refractivity contribution in [2.24, 2.45) is 0 Å². The van der Waals surface area contributed by atoms with E-state index in [1.807, 2.05) is 6.07 Å². The van der Waals surface area contributed by atoms with E-state index >= 15 is 0 Å². The molecule has 0 radical (unpaired) electrons. The molecule has 9 heteroatoms. The first-order chi connectivity index (χ1) is 13.5.